The molecule has 0 atom stereocenters. The first kappa shape index (κ1) is 18.0. The van der Waals surface area contributed by atoms with Crippen molar-refractivity contribution in [2.75, 3.05) is 37.7 Å². The molecular weight excluding hydrogens is 361 g/mol. The molecule has 1 fully saturated rings. The van der Waals surface area contributed by atoms with Crippen LogP contribution in [0.2, 0.25) is 0 Å². The average molecular weight is 380 g/mol. The Morgan fingerprint density at radius 2 is 1.81 bits per heavy atom. The molecule has 27 heavy (non-hydrogen) atoms. The van der Waals surface area contributed by atoms with E-state index in [-0.39, 0.29) is 5.75 Å². The summed E-state index contributed by atoms with van der Waals surface area (Å²) in [5.74, 6) is 1.13. The van der Waals surface area contributed by atoms with E-state index in [2.05, 4.69) is 19.9 Å². The van der Waals surface area contributed by atoms with Crippen LogP contribution in [0.1, 0.15) is 11.3 Å². The number of benzene rings is 1. The van der Waals surface area contributed by atoms with Gasteiger partial charge in [-0.15, -0.1) is 13.2 Å². The predicted octanol–water partition coefficient (Wildman–Crippen LogP) is 2.52. The number of nitrogens with zero attached hydrogens (tertiary/aromatic N) is 3. The molecule has 9 heteroatoms. The lowest BCUT2D eigenvalue weighted by Crippen LogP contribution is -2.39. The minimum Gasteiger partial charge on any atom is -0.406 e. The van der Waals surface area contributed by atoms with Gasteiger partial charge in [-0.2, -0.15) is 0 Å². The van der Waals surface area contributed by atoms with Crippen molar-refractivity contribution in [2.24, 2.45) is 0 Å². The Kier molecular flexibility index (Phi) is 4.88. The van der Waals surface area contributed by atoms with Crippen LogP contribution in [0.5, 0.6) is 5.75 Å². The second-order valence-electron chi connectivity index (χ2n) is 6.39. The molecule has 0 unspecified atom stereocenters. The smallest absolute Gasteiger partial charge is 0.406 e. The number of rotatable bonds is 3. The largest absolute Gasteiger partial charge is 0.573 e. The summed E-state index contributed by atoms with van der Waals surface area (Å²) in [5, 5.41) is 3.31. The molecule has 2 aliphatic heterocycles. The number of morpholine rings is 1. The van der Waals surface area contributed by atoms with Gasteiger partial charge < -0.3 is 19.7 Å². The lowest BCUT2D eigenvalue weighted by atomic mass is 10.1. The first-order valence-corrected chi connectivity index (χ1v) is 8.79. The number of fused-ring (bicyclic) bond motifs is 1. The molecule has 0 aliphatic carbocycles. The average Bonchev–Trinajstić information content (AvgIpc) is 2.67. The summed E-state index contributed by atoms with van der Waals surface area (Å²) in [4.78, 5) is 11.6. The Bertz CT molecular complexity index is 805. The Balaban J connectivity index is 1.68. The Morgan fingerprint density at radius 3 is 2.52 bits per heavy atom. The highest BCUT2D eigenvalue weighted by Crippen LogP contribution is 2.30. The molecule has 6 nitrogen and oxygen atoms in total. The Hall–Kier alpha value is -2.39. The minimum atomic E-state index is -4.71. The third kappa shape index (κ3) is 4.14. The molecule has 1 saturated heterocycles. The summed E-state index contributed by atoms with van der Waals surface area (Å²) < 4.78 is 46.4. The molecule has 1 aromatic heterocycles. The molecule has 0 bridgehead atoms. The van der Waals surface area contributed by atoms with E-state index < -0.39 is 6.36 Å². The van der Waals surface area contributed by atoms with Gasteiger partial charge in [-0.1, -0.05) is 0 Å². The van der Waals surface area contributed by atoms with E-state index in [0.29, 0.717) is 31.1 Å². The van der Waals surface area contributed by atoms with Crippen LogP contribution in [-0.2, 0) is 17.7 Å². The van der Waals surface area contributed by atoms with Crippen LogP contribution in [0, 0.1) is 0 Å². The van der Waals surface area contributed by atoms with Crippen LogP contribution >= 0.6 is 0 Å². The van der Waals surface area contributed by atoms with Crippen molar-refractivity contribution in [2.45, 2.75) is 19.3 Å². The van der Waals surface area contributed by atoms with Crippen molar-refractivity contribution in [3.8, 4) is 17.1 Å². The predicted molar refractivity (Wildman–Crippen MR) is 92.6 cm³/mol. The number of halogens is 3. The quantitative estimate of drug-likeness (QED) is 0.883. The van der Waals surface area contributed by atoms with Crippen LogP contribution in [0.3, 0.4) is 0 Å². The number of hydrogen-bond acceptors (Lipinski definition) is 6. The van der Waals surface area contributed by atoms with Crippen LogP contribution in [-0.4, -0.2) is 49.2 Å². The van der Waals surface area contributed by atoms with Gasteiger partial charge in [0.25, 0.3) is 0 Å². The standard InChI is InChI=1S/C18H19F3N4O2/c19-18(20,21)27-13-3-1-12(2-4-13)16-23-15-11-22-6-5-14(15)17(24-16)25-7-9-26-10-8-25/h1-4,22H,5-11H2. The first-order valence-electron chi connectivity index (χ1n) is 8.79. The van der Waals surface area contributed by atoms with Crippen LogP contribution in [0.4, 0.5) is 19.0 Å². The molecule has 4 rings (SSSR count). The van der Waals surface area contributed by atoms with Crippen molar-refractivity contribution in [3.63, 3.8) is 0 Å². The maximum atomic E-state index is 12.3. The van der Waals surface area contributed by atoms with Gasteiger partial charge in [-0.3, -0.25) is 0 Å². The van der Waals surface area contributed by atoms with E-state index in [0.717, 1.165) is 43.1 Å². The van der Waals surface area contributed by atoms with E-state index in [1.807, 2.05) is 0 Å². The maximum absolute atomic E-state index is 12.3. The fraction of sp³-hybridized carbons (Fsp3) is 0.444. The van der Waals surface area contributed by atoms with Gasteiger partial charge in [0.1, 0.15) is 11.6 Å². The first-order chi connectivity index (χ1) is 13.0. The van der Waals surface area contributed by atoms with E-state index in [1.54, 1.807) is 12.1 Å². The molecule has 144 valence electrons. The van der Waals surface area contributed by atoms with Crippen LogP contribution in [0.15, 0.2) is 24.3 Å². The Morgan fingerprint density at radius 1 is 1.07 bits per heavy atom. The van der Waals surface area contributed by atoms with Crippen molar-refractivity contribution in [1.29, 1.82) is 0 Å². The zero-order chi connectivity index (χ0) is 18.9. The van der Waals surface area contributed by atoms with Crippen molar-refractivity contribution in [1.82, 2.24) is 15.3 Å². The van der Waals surface area contributed by atoms with Gasteiger partial charge in [-0.25, -0.2) is 9.97 Å². The van der Waals surface area contributed by atoms with E-state index in [9.17, 15) is 13.2 Å². The summed E-state index contributed by atoms with van der Waals surface area (Å²) in [6, 6.07) is 5.64. The highest BCUT2D eigenvalue weighted by molar-refractivity contribution is 5.62. The van der Waals surface area contributed by atoms with Crippen molar-refractivity contribution < 1.29 is 22.6 Å². The number of hydrogen-bond donors (Lipinski definition) is 1. The monoisotopic (exact) mass is 380 g/mol. The highest BCUT2D eigenvalue weighted by Gasteiger charge is 2.31. The lowest BCUT2D eigenvalue weighted by Gasteiger charge is -2.31. The van der Waals surface area contributed by atoms with Gasteiger partial charge in [0, 0.05) is 30.8 Å². The van der Waals surface area contributed by atoms with E-state index in [4.69, 9.17) is 9.72 Å². The van der Waals surface area contributed by atoms with Crippen LogP contribution < -0.4 is 15.0 Å². The molecular formula is C18H19F3N4O2. The molecule has 0 radical (unpaired) electrons. The second kappa shape index (κ2) is 7.32. The van der Waals surface area contributed by atoms with Crippen molar-refractivity contribution >= 4 is 5.82 Å². The minimum absolute atomic E-state index is 0.265. The van der Waals surface area contributed by atoms with E-state index >= 15 is 0 Å². The molecule has 2 aromatic rings. The number of aromatic nitrogens is 2. The van der Waals surface area contributed by atoms with Crippen molar-refractivity contribution in [3.05, 3.63) is 35.5 Å². The zero-order valence-corrected chi connectivity index (χ0v) is 14.6. The normalized spacial score (nSPS) is 17.5. The number of nitrogens with one attached hydrogen (secondary N) is 1. The maximum Gasteiger partial charge on any atom is 0.573 e. The van der Waals surface area contributed by atoms with E-state index in [1.165, 1.54) is 12.1 Å². The van der Waals surface area contributed by atoms with Gasteiger partial charge in [0.15, 0.2) is 5.82 Å². The number of anilines is 1. The summed E-state index contributed by atoms with van der Waals surface area (Å²) >= 11 is 0. The summed E-state index contributed by atoms with van der Waals surface area (Å²) in [5.41, 5.74) is 2.71. The number of ether oxygens (including phenoxy) is 2. The highest BCUT2D eigenvalue weighted by atomic mass is 19.4. The SMILES string of the molecule is FC(F)(F)Oc1ccc(-c2nc3c(c(N4CCOCC4)n2)CCNC3)cc1. The van der Waals surface area contributed by atoms with Gasteiger partial charge >= 0.3 is 6.36 Å². The van der Waals surface area contributed by atoms with Crippen LogP contribution in [0.25, 0.3) is 11.4 Å². The molecule has 1 aromatic carbocycles. The Labute approximate surface area is 154 Å². The lowest BCUT2D eigenvalue weighted by molar-refractivity contribution is -0.274. The fourth-order valence-corrected chi connectivity index (χ4v) is 3.31. The summed E-state index contributed by atoms with van der Waals surface area (Å²) in [6.07, 6.45) is -3.86. The molecule has 1 N–H and O–H groups in total. The van der Waals surface area contributed by atoms with Gasteiger partial charge in [-0.05, 0) is 37.2 Å². The molecule has 0 amide bonds. The topological polar surface area (TPSA) is 59.5 Å². The number of alkyl halides is 3. The molecule has 0 spiro atoms. The zero-order valence-electron chi connectivity index (χ0n) is 14.6. The third-order valence-electron chi connectivity index (χ3n) is 4.57. The van der Waals surface area contributed by atoms with Gasteiger partial charge in [0.2, 0.25) is 0 Å². The summed E-state index contributed by atoms with van der Waals surface area (Å²) in [7, 11) is 0. The molecule has 0 saturated carbocycles. The molecule has 2 aliphatic rings. The third-order valence-corrected chi connectivity index (χ3v) is 4.57. The summed E-state index contributed by atoms with van der Waals surface area (Å²) in [6.45, 7) is 4.34. The molecule has 3 heterocycles. The van der Waals surface area contributed by atoms with Gasteiger partial charge in [0.05, 0.1) is 18.9 Å². The fourth-order valence-electron chi connectivity index (χ4n) is 3.31. The second-order valence-corrected chi connectivity index (χ2v) is 6.39.